The fourth-order valence-electron chi connectivity index (χ4n) is 5.46. The first-order chi connectivity index (χ1) is 25.7. The maximum atomic E-state index is 11.0. The highest BCUT2D eigenvalue weighted by Crippen LogP contribution is 2.35. The van der Waals surface area contributed by atoms with Crippen molar-refractivity contribution in [2.24, 2.45) is 30.7 Å². The third-order valence-electron chi connectivity index (χ3n) is 8.76. The maximum absolute atomic E-state index is 11.0. The SMILES string of the molecule is CC(C)C(C)c1ccccc1[N+](=O)[O-].CC(C)Cc1ccc([N+](=O)[O-])cc1.COc1cc(CC(C)C)c([N+](=O)[O-])cc1OC.Cc1ncc(CC(C)C)n1C. The van der Waals surface area contributed by atoms with E-state index in [-0.39, 0.29) is 37.7 Å². The summed E-state index contributed by atoms with van der Waals surface area (Å²) in [4.78, 5) is 35.2. The molecule has 13 heteroatoms. The zero-order chi connectivity index (χ0) is 42.0. The number of aromatic nitrogens is 2. The zero-order valence-corrected chi connectivity index (χ0v) is 34.9. The van der Waals surface area contributed by atoms with Crippen molar-refractivity contribution < 1.29 is 24.2 Å². The number of rotatable bonds is 13. The fraction of sp³-hybridized carbons (Fsp3) is 0.500. The highest BCUT2D eigenvalue weighted by Gasteiger charge is 2.21. The molecule has 0 amide bonds. The number of non-ortho nitro benzene ring substituents is 1. The molecule has 13 nitrogen and oxygen atoms in total. The van der Waals surface area contributed by atoms with Crippen molar-refractivity contribution in [3.8, 4) is 11.5 Å². The van der Waals surface area contributed by atoms with Crippen LogP contribution in [0.15, 0.2) is 66.9 Å². The quantitative estimate of drug-likeness (QED) is 0.0951. The van der Waals surface area contributed by atoms with E-state index in [0.29, 0.717) is 47.2 Å². The number of nitro groups is 3. The van der Waals surface area contributed by atoms with Gasteiger partial charge in [-0.15, -0.1) is 0 Å². The lowest BCUT2D eigenvalue weighted by Crippen LogP contribution is -2.05. The van der Waals surface area contributed by atoms with Gasteiger partial charge in [0, 0.05) is 48.3 Å². The topological polar surface area (TPSA) is 166 Å². The molecule has 302 valence electrons. The van der Waals surface area contributed by atoms with Gasteiger partial charge in [0.25, 0.3) is 17.1 Å². The first-order valence-corrected chi connectivity index (χ1v) is 18.6. The second-order valence-electron chi connectivity index (χ2n) is 15.0. The van der Waals surface area contributed by atoms with Gasteiger partial charge in [0.2, 0.25) is 0 Å². The minimum atomic E-state index is -0.389. The molecule has 0 fully saturated rings. The molecular weight excluding hydrogens is 702 g/mol. The molecule has 1 atom stereocenters. The fourth-order valence-corrected chi connectivity index (χ4v) is 5.46. The summed E-state index contributed by atoms with van der Waals surface area (Å²) in [5.41, 5.74) is 4.45. The van der Waals surface area contributed by atoms with Crippen LogP contribution >= 0.6 is 0 Å². The Morgan fingerprint density at radius 1 is 0.673 bits per heavy atom. The second kappa shape index (κ2) is 23.5. The van der Waals surface area contributed by atoms with Crippen LogP contribution in [0.2, 0.25) is 0 Å². The number of ether oxygens (including phenoxy) is 2. The molecule has 1 unspecified atom stereocenters. The third-order valence-corrected chi connectivity index (χ3v) is 8.76. The van der Waals surface area contributed by atoms with Crippen molar-refractivity contribution in [2.75, 3.05) is 14.2 Å². The molecule has 0 spiro atoms. The molecule has 0 aliphatic heterocycles. The Labute approximate surface area is 326 Å². The molecule has 1 heterocycles. The highest BCUT2D eigenvalue weighted by molar-refractivity contribution is 5.54. The standard InChI is InChI=1S/C12H17NO4.C11H15NO2.C10H13NO2.C9H16N2/c1-8(2)5-9-6-11(16-3)12(17-4)7-10(9)13(14)15;1-8(2)9(3)10-6-4-5-7-11(10)12(13)14;1-8(2)7-9-3-5-10(6-4-9)11(12)13;1-7(2)5-9-6-10-8(3)11(9)4/h6-8H,5H2,1-4H3;4-9H,1-3H3;3-6,8H,7H2,1-2H3;6-7H,5H2,1-4H3. The minimum Gasteiger partial charge on any atom is -0.493 e. The molecule has 0 saturated heterocycles. The lowest BCUT2D eigenvalue weighted by atomic mass is 9.89. The zero-order valence-electron chi connectivity index (χ0n) is 34.9. The number of aryl methyl sites for hydroxylation is 1. The summed E-state index contributed by atoms with van der Waals surface area (Å²) >= 11 is 0. The normalized spacial score (nSPS) is 11.1. The molecule has 4 rings (SSSR count). The van der Waals surface area contributed by atoms with Gasteiger partial charge in [-0.2, -0.15) is 0 Å². The monoisotopic (exact) mass is 763 g/mol. The lowest BCUT2D eigenvalue weighted by Gasteiger charge is -2.15. The van der Waals surface area contributed by atoms with Crippen LogP contribution in [0.1, 0.15) is 96.4 Å². The molecule has 55 heavy (non-hydrogen) atoms. The van der Waals surface area contributed by atoms with Crippen LogP contribution in [-0.2, 0) is 26.3 Å². The number of imidazole rings is 1. The van der Waals surface area contributed by atoms with Crippen LogP contribution in [0.4, 0.5) is 17.1 Å². The Bertz CT molecular complexity index is 1800. The van der Waals surface area contributed by atoms with Gasteiger partial charge >= 0.3 is 0 Å². The first kappa shape index (κ1) is 47.7. The van der Waals surface area contributed by atoms with Crippen molar-refractivity contribution >= 4 is 17.1 Å². The molecule has 0 N–H and O–H groups in total. The van der Waals surface area contributed by atoms with E-state index in [2.05, 4.69) is 58.1 Å². The Balaban J connectivity index is 0.000000371. The molecule has 0 aliphatic rings. The van der Waals surface area contributed by atoms with Gasteiger partial charge in [-0.3, -0.25) is 30.3 Å². The van der Waals surface area contributed by atoms with E-state index in [4.69, 9.17) is 9.47 Å². The molecule has 3 aromatic carbocycles. The van der Waals surface area contributed by atoms with Crippen molar-refractivity contribution in [1.82, 2.24) is 9.55 Å². The molecule has 0 aliphatic carbocycles. The van der Waals surface area contributed by atoms with Gasteiger partial charge in [-0.1, -0.05) is 92.6 Å². The van der Waals surface area contributed by atoms with E-state index in [0.717, 1.165) is 29.8 Å². The summed E-state index contributed by atoms with van der Waals surface area (Å²) in [6.45, 7) is 20.9. The van der Waals surface area contributed by atoms with Crippen molar-refractivity contribution in [3.63, 3.8) is 0 Å². The van der Waals surface area contributed by atoms with E-state index >= 15 is 0 Å². The number of hydrogen-bond acceptors (Lipinski definition) is 9. The van der Waals surface area contributed by atoms with Crippen LogP contribution in [0.25, 0.3) is 0 Å². The Hall–Kier alpha value is -5.33. The van der Waals surface area contributed by atoms with Crippen LogP contribution < -0.4 is 9.47 Å². The van der Waals surface area contributed by atoms with Crippen molar-refractivity contribution in [2.45, 2.75) is 94.4 Å². The number of nitro benzene ring substituents is 3. The molecule has 4 aromatic rings. The maximum Gasteiger partial charge on any atom is 0.276 e. The van der Waals surface area contributed by atoms with Crippen LogP contribution in [-0.4, -0.2) is 38.5 Å². The summed E-state index contributed by atoms with van der Waals surface area (Å²) < 4.78 is 12.4. The van der Waals surface area contributed by atoms with Crippen LogP contribution in [0, 0.1) is 60.9 Å². The van der Waals surface area contributed by atoms with Crippen molar-refractivity contribution in [3.05, 3.63) is 125 Å². The van der Waals surface area contributed by atoms with Gasteiger partial charge in [0.15, 0.2) is 11.5 Å². The largest absolute Gasteiger partial charge is 0.493 e. The van der Waals surface area contributed by atoms with E-state index < -0.39 is 0 Å². The van der Waals surface area contributed by atoms with Gasteiger partial charge < -0.3 is 14.0 Å². The van der Waals surface area contributed by atoms with E-state index in [9.17, 15) is 30.3 Å². The first-order valence-electron chi connectivity index (χ1n) is 18.6. The Morgan fingerprint density at radius 2 is 1.18 bits per heavy atom. The lowest BCUT2D eigenvalue weighted by molar-refractivity contribution is -0.385. The van der Waals surface area contributed by atoms with E-state index in [1.165, 1.54) is 26.0 Å². The third kappa shape index (κ3) is 16.3. The van der Waals surface area contributed by atoms with Crippen LogP contribution in [0.3, 0.4) is 0 Å². The summed E-state index contributed by atoms with van der Waals surface area (Å²) in [6, 6.07) is 16.8. The molecule has 0 bridgehead atoms. The van der Waals surface area contributed by atoms with Gasteiger partial charge in [0.05, 0.1) is 35.1 Å². The number of benzene rings is 3. The summed E-state index contributed by atoms with van der Waals surface area (Å²) in [6.07, 6.45) is 4.70. The van der Waals surface area contributed by atoms with Gasteiger partial charge in [0.1, 0.15) is 5.82 Å². The van der Waals surface area contributed by atoms with Crippen LogP contribution in [0.5, 0.6) is 11.5 Å². The minimum absolute atomic E-state index is 0.0800. The van der Waals surface area contributed by atoms with E-state index in [1.54, 1.807) is 30.3 Å². The number of nitrogens with zero attached hydrogens (tertiary/aromatic N) is 5. The number of methoxy groups -OCH3 is 2. The van der Waals surface area contributed by atoms with Gasteiger partial charge in [-0.05, 0) is 67.4 Å². The molecule has 1 aromatic heterocycles. The number of para-hydroxylation sites is 1. The predicted octanol–water partition coefficient (Wildman–Crippen LogP) is 10.9. The average Bonchev–Trinajstić information content (AvgIpc) is 3.43. The molecule has 0 radical (unpaired) electrons. The molecule has 0 saturated carbocycles. The van der Waals surface area contributed by atoms with E-state index in [1.807, 2.05) is 58.2 Å². The summed E-state index contributed by atoms with van der Waals surface area (Å²) in [5.74, 6) is 4.27. The van der Waals surface area contributed by atoms with Gasteiger partial charge in [-0.25, -0.2) is 4.98 Å². The second-order valence-corrected chi connectivity index (χ2v) is 15.0. The summed E-state index contributed by atoms with van der Waals surface area (Å²) in [5, 5.41) is 32.1. The highest BCUT2D eigenvalue weighted by atomic mass is 16.6. The smallest absolute Gasteiger partial charge is 0.276 e. The van der Waals surface area contributed by atoms with Crippen molar-refractivity contribution in [1.29, 1.82) is 0 Å². The average molecular weight is 764 g/mol. The predicted molar refractivity (Wildman–Crippen MR) is 219 cm³/mol. The summed E-state index contributed by atoms with van der Waals surface area (Å²) in [7, 11) is 5.05. The molecular formula is C42H61N5O8. The Morgan fingerprint density at radius 3 is 1.60 bits per heavy atom. The number of hydrogen-bond donors (Lipinski definition) is 0. The Kier molecular flexibility index (Phi) is 20.3.